The van der Waals surface area contributed by atoms with Gasteiger partial charge in [0.2, 0.25) is 5.91 Å². The fourth-order valence-electron chi connectivity index (χ4n) is 2.22. The molecule has 1 saturated carbocycles. The van der Waals surface area contributed by atoms with E-state index in [1.165, 1.54) is 0 Å². The van der Waals surface area contributed by atoms with Crippen LogP contribution in [0.15, 0.2) is 0 Å². The summed E-state index contributed by atoms with van der Waals surface area (Å²) in [5.41, 5.74) is 5.65. The van der Waals surface area contributed by atoms with Gasteiger partial charge in [0.25, 0.3) is 0 Å². The highest BCUT2D eigenvalue weighted by atomic mass is 35.5. The van der Waals surface area contributed by atoms with Crippen molar-refractivity contribution < 1.29 is 9.53 Å². The molecule has 0 radical (unpaired) electrons. The Balaban J connectivity index is 0.00000128. The van der Waals surface area contributed by atoms with Gasteiger partial charge in [0.15, 0.2) is 0 Å². The molecule has 1 aliphatic carbocycles. The van der Waals surface area contributed by atoms with Crippen LogP contribution in [0.5, 0.6) is 0 Å². The first-order valence-corrected chi connectivity index (χ1v) is 5.86. The Morgan fingerprint density at radius 3 is 2.50 bits per heavy atom. The number of nitrogens with one attached hydrogen (secondary N) is 1. The second-order valence-corrected chi connectivity index (χ2v) is 4.73. The zero-order chi connectivity index (χ0) is 10.7. The molecule has 0 aromatic carbocycles. The van der Waals surface area contributed by atoms with Crippen LogP contribution in [-0.4, -0.2) is 31.7 Å². The van der Waals surface area contributed by atoms with Crippen molar-refractivity contribution in [1.82, 2.24) is 5.32 Å². The minimum absolute atomic E-state index is 0. The van der Waals surface area contributed by atoms with Gasteiger partial charge in [0.1, 0.15) is 0 Å². The Bertz CT molecular complexity index is 226. The third-order valence-corrected chi connectivity index (χ3v) is 3.45. The minimum Gasteiger partial charge on any atom is -0.381 e. The van der Waals surface area contributed by atoms with Crippen LogP contribution in [0.4, 0.5) is 0 Å². The Morgan fingerprint density at radius 1 is 1.31 bits per heavy atom. The number of hydrogen-bond donors (Lipinski definition) is 2. The van der Waals surface area contributed by atoms with Gasteiger partial charge in [0, 0.05) is 31.7 Å². The fourth-order valence-corrected chi connectivity index (χ4v) is 2.22. The summed E-state index contributed by atoms with van der Waals surface area (Å²) in [5, 5.41) is 3.02. The molecule has 2 rings (SSSR count). The predicted molar refractivity (Wildman–Crippen MR) is 64.5 cm³/mol. The zero-order valence-corrected chi connectivity index (χ0v) is 10.3. The first-order chi connectivity index (χ1) is 7.25. The lowest BCUT2D eigenvalue weighted by Crippen LogP contribution is -2.46. The summed E-state index contributed by atoms with van der Waals surface area (Å²) in [6.07, 6.45) is 3.87. The molecular formula is C11H21ClN2O2. The van der Waals surface area contributed by atoms with E-state index in [9.17, 15) is 4.79 Å². The summed E-state index contributed by atoms with van der Waals surface area (Å²) in [5.74, 6) is 0.986. The van der Waals surface area contributed by atoms with Crippen molar-refractivity contribution in [2.24, 2.45) is 17.6 Å². The Morgan fingerprint density at radius 2 is 1.94 bits per heavy atom. The van der Waals surface area contributed by atoms with Crippen LogP contribution < -0.4 is 11.1 Å². The fraction of sp³-hybridized carbons (Fsp3) is 0.909. The molecule has 1 heterocycles. The maximum Gasteiger partial charge on any atom is 0.223 e. The maximum absolute atomic E-state index is 11.6. The number of halogens is 1. The number of carbonyl (C=O) groups is 1. The Kier molecular flexibility index (Phi) is 5.52. The average molecular weight is 249 g/mol. The van der Waals surface area contributed by atoms with Crippen LogP contribution in [0.3, 0.4) is 0 Å². The summed E-state index contributed by atoms with van der Waals surface area (Å²) < 4.78 is 5.27. The van der Waals surface area contributed by atoms with Crippen molar-refractivity contribution in [3.05, 3.63) is 0 Å². The number of carbonyl (C=O) groups excluding carboxylic acids is 1. The highest BCUT2D eigenvalue weighted by Gasteiger charge is 2.32. The average Bonchev–Trinajstić information content (AvgIpc) is 2.23. The quantitative estimate of drug-likeness (QED) is 0.773. The van der Waals surface area contributed by atoms with Crippen LogP contribution in [0.25, 0.3) is 0 Å². The highest BCUT2D eigenvalue weighted by molar-refractivity contribution is 5.85. The minimum atomic E-state index is 0. The molecule has 0 bridgehead atoms. The lowest BCUT2D eigenvalue weighted by molar-refractivity contribution is -0.128. The van der Waals surface area contributed by atoms with E-state index in [2.05, 4.69) is 5.32 Å². The number of rotatable bonds is 3. The standard InChI is InChI=1S/C11H20N2O2.ClH/c12-10-5-9(6-10)11(14)13-7-8-1-3-15-4-2-8;/h8-10H,1-7,12H2,(H,13,14);1H. The van der Waals surface area contributed by atoms with E-state index in [1.54, 1.807) is 0 Å². The lowest BCUT2D eigenvalue weighted by Gasteiger charge is -2.32. The predicted octanol–water partition coefficient (Wildman–Crippen LogP) is 0.688. The number of nitrogens with two attached hydrogens (primary N) is 1. The van der Waals surface area contributed by atoms with Crippen LogP contribution >= 0.6 is 12.4 Å². The summed E-state index contributed by atoms with van der Waals surface area (Å²) >= 11 is 0. The second-order valence-electron chi connectivity index (χ2n) is 4.73. The molecule has 16 heavy (non-hydrogen) atoms. The summed E-state index contributed by atoms with van der Waals surface area (Å²) in [6.45, 7) is 2.50. The molecule has 4 nitrogen and oxygen atoms in total. The Hall–Kier alpha value is -0.320. The van der Waals surface area contributed by atoms with Gasteiger partial charge in [-0.25, -0.2) is 0 Å². The third-order valence-electron chi connectivity index (χ3n) is 3.45. The van der Waals surface area contributed by atoms with Crippen molar-refractivity contribution in [3.8, 4) is 0 Å². The summed E-state index contributed by atoms with van der Waals surface area (Å²) in [4.78, 5) is 11.6. The van der Waals surface area contributed by atoms with Crippen LogP contribution in [0, 0.1) is 11.8 Å². The summed E-state index contributed by atoms with van der Waals surface area (Å²) in [7, 11) is 0. The SMILES string of the molecule is Cl.NC1CC(C(=O)NCC2CCOCC2)C1. The van der Waals surface area contributed by atoms with E-state index in [-0.39, 0.29) is 30.3 Å². The van der Waals surface area contributed by atoms with Crippen LogP contribution in [0.2, 0.25) is 0 Å². The molecule has 1 saturated heterocycles. The van der Waals surface area contributed by atoms with Crippen molar-refractivity contribution in [1.29, 1.82) is 0 Å². The van der Waals surface area contributed by atoms with Crippen molar-refractivity contribution in [2.45, 2.75) is 31.7 Å². The van der Waals surface area contributed by atoms with Gasteiger partial charge in [-0.05, 0) is 31.6 Å². The first-order valence-electron chi connectivity index (χ1n) is 5.86. The van der Waals surface area contributed by atoms with Crippen molar-refractivity contribution in [3.63, 3.8) is 0 Å². The number of hydrogen-bond acceptors (Lipinski definition) is 3. The molecule has 2 aliphatic rings. The van der Waals surface area contributed by atoms with E-state index >= 15 is 0 Å². The van der Waals surface area contributed by atoms with Gasteiger partial charge in [-0.15, -0.1) is 12.4 Å². The molecule has 0 atom stereocenters. The topological polar surface area (TPSA) is 64.4 Å². The second kappa shape index (κ2) is 6.42. The van der Waals surface area contributed by atoms with Crippen molar-refractivity contribution >= 4 is 18.3 Å². The molecule has 0 spiro atoms. The first kappa shape index (κ1) is 13.7. The molecule has 5 heteroatoms. The molecular weight excluding hydrogens is 228 g/mol. The smallest absolute Gasteiger partial charge is 0.223 e. The largest absolute Gasteiger partial charge is 0.381 e. The normalized spacial score (nSPS) is 30.1. The molecule has 0 unspecified atom stereocenters. The van der Waals surface area contributed by atoms with Gasteiger partial charge in [-0.2, -0.15) is 0 Å². The highest BCUT2D eigenvalue weighted by Crippen LogP contribution is 2.25. The van der Waals surface area contributed by atoms with E-state index in [0.29, 0.717) is 5.92 Å². The third kappa shape index (κ3) is 3.61. The number of amides is 1. The zero-order valence-electron chi connectivity index (χ0n) is 9.48. The van der Waals surface area contributed by atoms with Gasteiger partial charge in [-0.1, -0.05) is 0 Å². The number of ether oxygens (including phenoxy) is 1. The van der Waals surface area contributed by atoms with Gasteiger partial charge >= 0.3 is 0 Å². The lowest BCUT2D eigenvalue weighted by atomic mass is 9.80. The van der Waals surface area contributed by atoms with Crippen LogP contribution in [-0.2, 0) is 9.53 Å². The molecule has 3 N–H and O–H groups in total. The Labute approximate surface area is 103 Å². The van der Waals surface area contributed by atoms with E-state index in [0.717, 1.165) is 45.4 Å². The maximum atomic E-state index is 11.6. The molecule has 94 valence electrons. The van der Waals surface area contributed by atoms with Gasteiger partial charge in [-0.3, -0.25) is 4.79 Å². The van der Waals surface area contributed by atoms with Crippen LogP contribution in [0.1, 0.15) is 25.7 Å². The van der Waals surface area contributed by atoms with E-state index in [1.807, 2.05) is 0 Å². The van der Waals surface area contributed by atoms with E-state index < -0.39 is 0 Å². The summed E-state index contributed by atoms with van der Waals surface area (Å²) in [6, 6.07) is 0.254. The molecule has 1 amide bonds. The van der Waals surface area contributed by atoms with Gasteiger partial charge in [0.05, 0.1) is 0 Å². The van der Waals surface area contributed by atoms with Crippen molar-refractivity contribution in [2.75, 3.05) is 19.8 Å². The molecule has 0 aromatic rings. The molecule has 1 aliphatic heterocycles. The van der Waals surface area contributed by atoms with E-state index in [4.69, 9.17) is 10.5 Å². The van der Waals surface area contributed by atoms with Gasteiger partial charge < -0.3 is 15.8 Å². The molecule has 2 fully saturated rings. The molecule has 0 aromatic heterocycles. The monoisotopic (exact) mass is 248 g/mol.